The van der Waals surface area contributed by atoms with E-state index in [1.165, 1.54) is 0 Å². The van der Waals surface area contributed by atoms with Crippen LogP contribution in [0, 0.1) is 0 Å². The maximum atomic E-state index is 11.4. The van der Waals surface area contributed by atoms with E-state index in [1.807, 2.05) is 13.8 Å². The zero-order valence-corrected chi connectivity index (χ0v) is 8.97. The van der Waals surface area contributed by atoms with Gasteiger partial charge >= 0.3 is 0 Å². The summed E-state index contributed by atoms with van der Waals surface area (Å²) in [5.41, 5.74) is -0.269. The van der Waals surface area contributed by atoms with Gasteiger partial charge in [0.25, 0.3) is 0 Å². The average molecular weight is 200 g/mol. The quantitative estimate of drug-likeness (QED) is 0.566. The topological polar surface area (TPSA) is 61.4 Å². The van der Waals surface area contributed by atoms with Crippen LogP contribution in [0.25, 0.3) is 0 Å². The molecule has 4 heteroatoms. The van der Waals surface area contributed by atoms with Gasteiger partial charge in [0.15, 0.2) is 0 Å². The number of hydrogen-bond acceptors (Lipinski definition) is 3. The number of amides is 1. The first-order chi connectivity index (χ1) is 6.58. The molecule has 4 nitrogen and oxygen atoms in total. The summed E-state index contributed by atoms with van der Waals surface area (Å²) >= 11 is 0. The van der Waals surface area contributed by atoms with E-state index in [4.69, 9.17) is 5.11 Å². The molecule has 0 aromatic carbocycles. The van der Waals surface area contributed by atoms with Crippen LogP contribution in [0.15, 0.2) is 0 Å². The minimum atomic E-state index is -0.269. The molecule has 0 atom stereocenters. The molecule has 0 heterocycles. The Kier molecular flexibility index (Phi) is 3.89. The number of carbonyl (C=O) groups excluding carboxylic acids is 1. The van der Waals surface area contributed by atoms with Gasteiger partial charge in [0.05, 0.1) is 12.1 Å². The van der Waals surface area contributed by atoms with Crippen molar-refractivity contribution in [3.05, 3.63) is 0 Å². The summed E-state index contributed by atoms with van der Waals surface area (Å²) in [4.78, 5) is 11.4. The number of hydrogen-bond donors (Lipinski definition) is 3. The first-order valence-corrected chi connectivity index (χ1v) is 5.23. The predicted molar refractivity (Wildman–Crippen MR) is 54.9 cm³/mol. The Morgan fingerprint density at radius 2 is 2.14 bits per heavy atom. The van der Waals surface area contributed by atoms with Crippen LogP contribution in [0.4, 0.5) is 0 Å². The average Bonchev–Trinajstić information content (AvgIpc) is 2.85. The van der Waals surface area contributed by atoms with Crippen LogP contribution in [0.1, 0.15) is 33.1 Å². The Hall–Kier alpha value is -0.610. The lowest BCUT2D eigenvalue weighted by atomic mass is 10.2. The lowest BCUT2D eigenvalue weighted by Crippen LogP contribution is -2.41. The monoisotopic (exact) mass is 200 g/mol. The zero-order valence-electron chi connectivity index (χ0n) is 8.97. The van der Waals surface area contributed by atoms with Crippen molar-refractivity contribution in [2.75, 3.05) is 13.2 Å². The summed E-state index contributed by atoms with van der Waals surface area (Å²) in [6.45, 7) is 4.86. The molecule has 0 aliphatic heterocycles. The van der Waals surface area contributed by atoms with E-state index in [-0.39, 0.29) is 18.1 Å². The van der Waals surface area contributed by atoms with Crippen LogP contribution in [0.3, 0.4) is 0 Å². The largest absolute Gasteiger partial charge is 0.394 e. The van der Waals surface area contributed by atoms with Crippen LogP contribution in [-0.2, 0) is 4.79 Å². The molecule has 0 bridgehead atoms. The molecular weight excluding hydrogens is 180 g/mol. The third-order valence-corrected chi connectivity index (χ3v) is 2.47. The molecule has 82 valence electrons. The molecule has 0 saturated heterocycles. The van der Waals surface area contributed by atoms with Crippen LogP contribution < -0.4 is 10.6 Å². The molecular formula is C10H20N2O2. The molecule has 14 heavy (non-hydrogen) atoms. The van der Waals surface area contributed by atoms with Gasteiger partial charge in [0.2, 0.25) is 5.91 Å². The van der Waals surface area contributed by atoms with Crippen molar-refractivity contribution < 1.29 is 9.90 Å². The Morgan fingerprint density at radius 3 is 2.57 bits per heavy atom. The highest BCUT2D eigenvalue weighted by Crippen LogP contribution is 2.34. The highest BCUT2D eigenvalue weighted by atomic mass is 16.3. The lowest BCUT2D eigenvalue weighted by Gasteiger charge is -2.14. The van der Waals surface area contributed by atoms with Crippen LogP contribution in [0.5, 0.6) is 0 Å². The zero-order chi connectivity index (χ0) is 10.6. The summed E-state index contributed by atoms with van der Waals surface area (Å²) in [7, 11) is 0. The third-order valence-electron chi connectivity index (χ3n) is 2.47. The van der Waals surface area contributed by atoms with Crippen LogP contribution >= 0.6 is 0 Å². The van der Waals surface area contributed by atoms with E-state index in [2.05, 4.69) is 10.6 Å². The second-order valence-corrected chi connectivity index (χ2v) is 4.35. The minimum Gasteiger partial charge on any atom is -0.394 e. The van der Waals surface area contributed by atoms with Crippen LogP contribution in [-0.4, -0.2) is 35.7 Å². The maximum absolute atomic E-state index is 11.4. The predicted octanol–water partition coefficient (Wildman–Crippen LogP) is 0.0156. The molecule has 0 aromatic heterocycles. The van der Waals surface area contributed by atoms with Crippen molar-refractivity contribution in [3.63, 3.8) is 0 Å². The van der Waals surface area contributed by atoms with Gasteiger partial charge in [-0.1, -0.05) is 13.8 Å². The molecule has 1 fully saturated rings. The summed E-state index contributed by atoms with van der Waals surface area (Å²) in [5, 5.41) is 15.0. The summed E-state index contributed by atoms with van der Waals surface area (Å²) in [6.07, 6.45) is 2.31. The number of rotatable bonds is 6. The fourth-order valence-corrected chi connectivity index (χ4v) is 1.31. The smallest absolute Gasteiger partial charge is 0.221 e. The van der Waals surface area contributed by atoms with E-state index < -0.39 is 0 Å². The molecule has 1 aliphatic rings. The number of aliphatic hydroxyl groups is 1. The van der Waals surface area contributed by atoms with E-state index in [0.717, 1.165) is 12.8 Å². The van der Waals surface area contributed by atoms with Crippen molar-refractivity contribution in [1.29, 1.82) is 0 Å². The van der Waals surface area contributed by atoms with E-state index >= 15 is 0 Å². The highest BCUT2D eigenvalue weighted by Gasteiger charge is 2.43. The molecule has 1 rings (SSSR count). The van der Waals surface area contributed by atoms with Gasteiger partial charge in [-0.3, -0.25) is 4.79 Å². The van der Waals surface area contributed by atoms with Gasteiger partial charge in [-0.15, -0.1) is 0 Å². The second-order valence-electron chi connectivity index (χ2n) is 4.35. The molecule has 0 aromatic rings. The van der Waals surface area contributed by atoms with Crippen molar-refractivity contribution in [2.24, 2.45) is 0 Å². The van der Waals surface area contributed by atoms with Crippen molar-refractivity contribution in [3.8, 4) is 0 Å². The summed E-state index contributed by atoms with van der Waals surface area (Å²) < 4.78 is 0. The van der Waals surface area contributed by atoms with Crippen LogP contribution in [0.2, 0.25) is 0 Å². The summed E-state index contributed by atoms with van der Waals surface area (Å²) in [5.74, 6) is 0.0321. The van der Waals surface area contributed by atoms with Gasteiger partial charge in [-0.25, -0.2) is 0 Å². The van der Waals surface area contributed by atoms with Gasteiger partial charge in [-0.2, -0.15) is 0 Å². The standard InChI is InChI=1S/C10H20N2O2/c1-8(2)11-6-3-9(14)12-10(7-13)4-5-10/h8,11,13H,3-7H2,1-2H3,(H,12,14). The number of nitrogens with one attached hydrogen (secondary N) is 2. The fraction of sp³-hybridized carbons (Fsp3) is 0.900. The van der Waals surface area contributed by atoms with Crippen molar-refractivity contribution >= 4 is 5.91 Å². The van der Waals surface area contributed by atoms with E-state index in [0.29, 0.717) is 19.0 Å². The first-order valence-electron chi connectivity index (χ1n) is 5.23. The Morgan fingerprint density at radius 1 is 1.50 bits per heavy atom. The normalized spacial score (nSPS) is 18.3. The van der Waals surface area contributed by atoms with Gasteiger partial charge < -0.3 is 15.7 Å². The number of carbonyl (C=O) groups is 1. The van der Waals surface area contributed by atoms with Crippen molar-refractivity contribution in [2.45, 2.75) is 44.7 Å². The Bertz CT molecular complexity index is 200. The highest BCUT2D eigenvalue weighted by molar-refractivity contribution is 5.77. The minimum absolute atomic E-state index is 0.0321. The Labute approximate surface area is 85.1 Å². The van der Waals surface area contributed by atoms with E-state index in [9.17, 15) is 4.79 Å². The molecule has 0 spiro atoms. The molecule has 3 N–H and O–H groups in total. The SMILES string of the molecule is CC(C)NCCC(=O)NC1(CO)CC1. The van der Waals surface area contributed by atoms with Gasteiger partial charge in [0, 0.05) is 19.0 Å². The molecule has 0 radical (unpaired) electrons. The molecule has 0 unspecified atom stereocenters. The van der Waals surface area contributed by atoms with Gasteiger partial charge in [0.1, 0.15) is 0 Å². The second kappa shape index (κ2) is 4.75. The lowest BCUT2D eigenvalue weighted by molar-refractivity contribution is -0.122. The number of aliphatic hydroxyl groups excluding tert-OH is 1. The maximum Gasteiger partial charge on any atom is 0.221 e. The summed E-state index contributed by atoms with van der Waals surface area (Å²) in [6, 6.07) is 0.413. The fourth-order valence-electron chi connectivity index (χ4n) is 1.31. The molecule has 1 amide bonds. The first kappa shape index (κ1) is 11.5. The van der Waals surface area contributed by atoms with Gasteiger partial charge in [-0.05, 0) is 12.8 Å². The molecule has 1 saturated carbocycles. The Balaban J connectivity index is 2.10. The molecule has 1 aliphatic carbocycles. The van der Waals surface area contributed by atoms with E-state index in [1.54, 1.807) is 0 Å². The van der Waals surface area contributed by atoms with Crippen molar-refractivity contribution in [1.82, 2.24) is 10.6 Å². The third kappa shape index (κ3) is 3.64.